The van der Waals surface area contributed by atoms with Crippen LogP contribution in [0.3, 0.4) is 0 Å². The molecule has 0 radical (unpaired) electrons. The Morgan fingerprint density at radius 2 is 1.94 bits per heavy atom. The van der Waals surface area contributed by atoms with Gasteiger partial charge in [0.25, 0.3) is 5.91 Å². The van der Waals surface area contributed by atoms with Crippen LogP contribution in [0, 0.1) is 11.8 Å². The molecule has 1 heterocycles. The molecule has 3 N–H and O–H groups in total. The number of rotatable bonds is 7. The van der Waals surface area contributed by atoms with Gasteiger partial charge in [-0.15, -0.1) is 0 Å². The van der Waals surface area contributed by atoms with Crippen LogP contribution < -0.4 is 10.6 Å². The highest BCUT2D eigenvalue weighted by Gasteiger charge is 2.31. The van der Waals surface area contributed by atoms with E-state index >= 15 is 0 Å². The fraction of sp³-hybridized carbons (Fsp3) is 0.542. The number of H-pyrrole nitrogens is 1. The van der Waals surface area contributed by atoms with E-state index in [1.165, 1.54) is 13.3 Å². The Bertz CT molecular complexity index is 938. The van der Waals surface area contributed by atoms with Gasteiger partial charge in [0.15, 0.2) is 6.10 Å². The van der Waals surface area contributed by atoms with E-state index in [9.17, 15) is 14.4 Å². The quantitative estimate of drug-likeness (QED) is 0.591. The number of fused-ring (bicyclic) bond motifs is 1. The predicted molar refractivity (Wildman–Crippen MR) is 119 cm³/mol. The van der Waals surface area contributed by atoms with Gasteiger partial charge in [0.1, 0.15) is 6.04 Å². The molecule has 0 aliphatic heterocycles. The molecule has 1 fully saturated rings. The molecular formula is C24H33N3O4. The molecule has 1 aromatic heterocycles. The Morgan fingerprint density at radius 1 is 1.19 bits per heavy atom. The molecule has 168 valence electrons. The lowest BCUT2D eigenvalue weighted by atomic mass is 9.78. The summed E-state index contributed by atoms with van der Waals surface area (Å²) in [5.41, 5.74) is 1.85. The number of hydrogen-bond donors (Lipinski definition) is 3. The molecule has 0 spiro atoms. The fourth-order valence-corrected chi connectivity index (χ4v) is 4.35. The van der Waals surface area contributed by atoms with Gasteiger partial charge in [-0.05, 0) is 36.8 Å². The molecule has 2 amide bonds. The van der Waals surface area contributed by atoms with Crippen LogP contribution in [0.15, 0.2) is 30.5 Å². The SMILES string of the molecule is CC(=O)N[C@@H](Cc1c[nH]c2ccccc12)C(=O)OC(C)C(=O)NC1CCCC(C)C1C. The largest absolute Gasteiger partial charge is 0.451 e. The number of benzene rings is 1. The minimum Gasteiger partial charge on any atom is -0.451 e. The van der Waals surface area contributed by atoms with Crippen molar-refractivity contribution in [3.05, 3.63) is 36.0 Å². The average Bonchev–Trinajstić information content (AvgIpc) is 3.13. The smallest absolute Gasteiger partial charge is 0.329 e. The van der Waals surface area contributed by atoms with Crippen LogP contribution >= 0.6 is 0 Å². The molecule has 1 aromatic carbocycles. The Morgan fingerprint density at radius 3 is 2.68 bits per heavy atom. The van der Waals surface area contributed by atoms with Crippen molar-refractivity contribution in [1.82, 2.24) is 15.6 Å². The second-order valence-electron chi connectivity index (χ2n) is 8.78. The molecule has 4 unspecified atom stereocenters. The summed E-state index contributed by atoms with van der Waals surface area (Å²) in [6.45, 7) is 7.28. The van der Waals surface area contributed by atoms with Gasteiger partial charge >= 0.3 is 5.97 Å². The summed E-state index contributed by atoms with van der Waals surface area (Å²) in [6.07, 6.45) is 4.36. The van der Waals surface area contributed by atoms with Crippen molar-refractivity contribution in [2.24, 2.45) is 11.8 Å². The third kappa shape index (κ3) is 5.66. The number of carbonyl (C=O) groups is 3. The number of nitrogens with one attached hydrogen (secondary N) is 3. The Labute approximate surface area is 183 Å². The highest BCUT2D eigenvalue weighted by atomic mass is 16.5. The summed E-state index contributed by atoms with van der Waals surface area (Å²) < 4.78 is 5.46. The van der Waals surface area contributed by atoms with Crippen LogP contribution in [0.25, 0.3) is 10.9 Å². The van der Waals surface area contributed by atoms with Crippen molar-refractivity contribution < 1.29 is 19.1 Å². The molecule has 1 aliphatic rings. The van der Waals surface area contributed by atoms with Crippen LogP contribution in [0.1, 0.15) is 52.5 Å². The van der Waals surface area contributed by atoms with E-state index in [4.69, 9.17) is 4.74 Å². The molecule has 1 saturated carbocycles. The average molecular weight is 428 g/mol. The van der Waals surface area contributed by atoms with E-state index < -0.39 is 18.1 Å². The summed E-state index contributed by atoms with van der Waals surface area (Å²) in [4.78, 5) is 40.4. The maximum absolute atomic E-state index is 12.8. The van der Waals surface area contributed by atoms with Gasteiger partial charge < -0.3 is 20.4 Å². The summed E-state index contributed by atoms with van der Waals surface area (Å²) in [7, 11) is 0. The van der Waals surface area contributed by atoms with Gasteiger partial charge in [0, 0.05) is 36.5 Å². The number of esters is 1. The number of amides is 2. The first-order valence-electron chi connectivity index (χ1n) is 11.1. The van der Waals surface area contributed by atoms with E-state index in [1.807, 2.05) is 30.5 Å². The molecular weight excluding hydrogens is 394 g/mol. The van der Waals surface area contributed by atoms with Gasteiger partial charge in [0.05, 0.1) is 0 Å². The van der Waals surface area contributed by atoms with E-state index in [0.29, 0.717) is 11.8 Å². The molecule has 3 rings (SSSR count). The minimum atomic E-state index is -0.934. The zero-order valence-electron chi connectivity index (χ0n) is 18.7. The monoisotopic (exact) mass is 427 g/mol. The highest BCUT2D eigenvalue weighted by molar-refractivity contribution is 5.89. The van der Waals surface area contributed by atoms with Crippen molar-refractivity contribution in [2.75, 3.05) is 0 Å². The number of aromatic amines is 1. The third-order valence-electron chi connectivity index (χ3n) is 6.46. The van der Waals surface area contributed by atoms with Gasteiger partial charge in [0.2, 0.25) is 5.91 Å². The maximum Gasteiger partial charge on any atom is 0.329 e. The van der Waals surface area contributed by atoms with E-state index in [-0.39, 0.29) is 24.3 Å². The maximum atomic E-state index is 12.8. The molecule has 2 aromatic rings. The molecule has 1 aliphatic carbocycles. The first kappa shape index (κ1) is 22.8. The van der Waals surface area contributed by atoms with Crippen LogP contribution in [0.5, 0.6) is 0 Å². The van der Waals surface area contributed by atoms with Crippen molar-refractivity contribution in [1.29, 1.82) is 0 Å². The Balaban J connectivity index is 1.64. The van der Waals surface area contributed by atoms with Crippen molar-refractivity contribution in [3.8, 4) is 0 Å². The lowest BCUT2D eigenvalue weighted by Gasteiger charge is -2.35. The summed E-state index contributed by atoms with van der Waals surface area (Å²) in [6, 6.07) is 6.97. The van der Waals surface area contributed by atoms with Gasteiger partial charge in [-0.1, -0.05) is 44.9 Å². The number of para-hydroxylation sites is 1. The number of hydrogen-bond acceptors (Lipinski definition) is 4. The topological polar surface area (TPSA) is 100 Å². The van der Waals surface area contributed by atoms with Crippen LogP contribution in [-0.2, 0) is 25.5 Å². The number of ether oxygens (including phenoxy) is 1. The van der Waals surface area contributed by atoms with E-state index in [0.717, 1.165) is 29.3 Å². The van der Waals surface area contributed by atoms with Gasteiger partial charge in [-0.25, -0.2) is 4.79 Å². The van der Waals surface area contributed by atoms with E-state index in [1.54, 1.807) is 6.92 Å². The standard InChI is InChI=1S/C24H33N3O4/c1-14-8-7-11-20(15(14)2)27-23(29)16(3)31-24(30)22(26-17(4)28)12-18-13-25-21-10-6-5-9-19(18)21/h5-6,9-10,13-16,20,22,25H,7-8,11-12H2,1-4H3,(H,26,28)(H,27,29)/t14?,15?,16?,20?,22-/m0/s1. The first-order chi connectivity index (χ1) is 14.8. The minimum absolute atomic E-state index is 0.0924. The molecule has 5 atom stereocenters. The lowest BCUT2D eigenvalue weighted by molar-refractivity contribution is -0.158. The van der Waals surface area contributed by atoms with Crippen molar-refractivity contribution >= 4 is 28.7 Å². The molecule has 0 saturated heterocycles. The van der Waals surface area contributed by atoms with Crippen LogP contribution in [0.4, 0.5) is 0 Å². The zero-order chi connectivity index (χ0) is 22.5. The van der Waals surface area contributed by atoms with Gasteiger partial charge in [-0.2, -0.15) is 0 Å². The van der Waals surface area contributed by atoms with E-state index in [2.05, 4.69) is 29.5 Å². The predicted octanol–water partition coefficient (Wildman–Crippen LogP) is 3.09. The molecule has 7 heteroatoms. The summed E-state index contributed by atoms with van der Waals surface area (Å²) in [5.74, 6) is -0.308. The second-order valence-corrected chi connectivity index (χ2v) is 8.78. The Kier molecular flexibility index (Phi) is 7.36. The number of carbonyl (C=O) groups excluding carboxylic acids is 3. The zero-order valence-corrected chi connectivity index (χ0v) is 18.7. The number of aromatic nitrogens is 1. The van der Waals surface area contributed by atoms with Crippen LogP contribution in [0.2, 0.25) is 0 Å². The van der Waals surface area contributed by atoms with Crippen molar-refractivity contribution in [2.45, 2.75) is 71.6 Å². The van der Waals surface area contributed by atoms with Gasteiger partial charge in [-0.3, -0.25) is 9.59 Å². The lowest BCUT2D eigenvalue weighted by Crippen LogP contribution is -2.49. The fourth-order valence-electron chi connectivity index (χ4n) is 4.35. The molecule has 7 nitrogen and oxygen atoms in total. The Hall–Kier alpha value is -2.83. The van der Waals surface area contributed by atoms with Crippen molar-refractivity contribution in [3.63, 3.8) is 0 Å². The highest BCUT2D eigenvalue weighted by Crippen LogP contribution is 2.29. The molecule has 31 heavy (non-hydrogen) atoms. The normalized spacial score (nSPS) is 23.0. The third-order valence-corrected chi connectivity index (χ3v) is 6.46. The summed E-state index contributed by atoms with van der Waals surface area (Å²) in [5, 5.41) is 6.69. The molecule has 0 bridgehead atoms. The second kappa shape index (κ2) is 9.98. The van der Waals surface area contributed by atoms with Crippen LogP contribution in [-0.4, -0.2) is 41.0 Å². The first-order valence-corrected chi connectivity index (χ1v) is 11.1. The summed E-state index contributed by atoms with van der Waals surface area (Å²) >= 11 is 0.